The first-order valence-corrected chi connectivity index (χ1v) is 7.95. The molecule has 0 saturated carbocycles. The summed E-state index contributed by atoms with van der Waals surface area (Å²) in [5.74, 6) is 0.968. The monoisotopic (exact) mass is 319 g/mol. The molecule has 1 aromatic carbocycles. The Morgan fingerprint density at radius 2 is 1.91 bits per heavy atom. The summed E-state index contributed by atoms with van der Waals surface area (Å²) in [5.41, 5.74) is 1.24. The molecular formula is C18H25NO4. The van der Waals surface area contributed by atoms with Gasteiger partial charge in [0.25, 0.3) is 0 Å². The summed E-state index contributed by atoms with van der Waals surface area (Å²) in [6.07, 6.45) is 2.31. The van der Waals surface area contributed by atoms with Crippen molar-refractivity contribution in [2.45, 2.75) is 45.1 Å². The molecule has 0 N–H and O–H groups in total. The summed E-state index contributed by atoms with van der Waals surface area (Å²) < 4.78 is 10.7. The van der Waals surface area contributed by atoms with Crippen LogP contribution in [-0.4, -0.2) is 43.1 Å². The number of hydrogen-bond donors (Lipinski definition) is 0. The molecule has 0 aromatic heterocycles. The van der Waals surface area contributed by atoms with Gasteiger partial charge in [0, 0.05) is 13.1 Å². The maximum Gasteiger partial charge on any atom is 0.410 e. The molecule has 1 fully saturated rings. The van der Waals surface area contributed by atoms with Crippen LogP contribution in [0.15, 0.2) is 18.2 Å². The minimum absolute atomic E-state index is 0.246. The first kappa shape index (κ1) is 17.3. The van der Waals surface area contributed by atoms with Crippen LogP contribution in [-0.2, 0) is 4.74 Å². The van der Waals surface area contributed by atoms with Crippen LogP contribution in [0.3, 0.4) is 0 Å². The lowest BCUT2D eigenvalue weighted by molar-refractivity contribution is 0.0204. The molecule has 2 rings (SSSR count). The highest BCUT2D eigenvalue weighted by Gasteiger charge is 2.27. The molecular weight excluding hydrogens is 294 g/mol. The molecule has 23 heavy (non-hydrogen) atoms. The van der Waals surface area contributed by atoms with Crippen molar-refractivity contribution in [3.05, 3.63) is 29.3 Å². The molecule has 0 spiro atoms. The molecule has 0 atom stereocenters. The lowest BCUT2D eigenvalue weighted by Crippen LogP contribution is -2.41. The lowest BCUT2D eigenvalue weighted by atomic mass is 9.89. The van der Waals surface area contributed by atoms with Crippen molar-refractivity contribution in [2.24, 2.45) is 0 Å². The van der Waals surface area contributed by atoms with Gasteiger partial charge in [0.15, 0.2) is 6.29 Å². The van der Waals surface area contributed by atoms with Gasteiger partial charge in [-0.05, 0) is 57.2 Å². The fourth-order valence-corrected chi connectivity index (χ4v) is 2.80. The molecule has 0 aliphatic carbocycles. The zero-order valence-electron chi connectivity index (χ0n) is 14.3. The number of rotatable bonds is 3. The molecule has 1 aromatic rings. The zero-order chi connectivity index (χ0) is 17.0. The number of aldehydes is 1. The molecule has 5 heteroatoms. The highest BCUT2D eigenvalue weighted by molar-refractivity contribution is 5.79. The van der Waals surface area contributed by atoms with Crippen LogP contribution < -0.4 is 4.74 Å². The fraction of sp³-hybridized carbons (Fsp3) is 0.556. The van der Waals surface area contributed by atoms with Gasteiger partial charge in [-0.2, -0.15) is 0 Å². The van der Waals surface area contributed by atoms with E-state index in [9.17, 15) is 9.59 Å². The summed E-state index contributed by atoms with van der Waals surface area (Å²) in [6, 6.07) is 5.69. The third-order valence-electron chi connectivity index (χ3n) is 4.00. The Balaban J connectivity index is 1.99. The SMILES string of the molecule is COc1cc(C2CCN(C(=O)OC(C)(C)C)CC2)ccc1C=O. The second-order valence-corrected chi connectivity index (χ2v) is 6.86. The summed E-state index contributed by atoms with van der Waals surface area (Å²) in [7, 11) is 1.57. The predicted molar refractivity (Wildman–Crippen MR) is 88.2 cm³/mol. The Kier molecular flexibility index (Phi) is 5.29. The number of likely N-dealkylation sites (tertiary alicyclic amines) is 1. The van der Waals surface area contributed by atoms with Crippen molar-refractivity contribution in [3.8, 4) is 5.75 Å². The largest absolute Gasteiger partial charge is 0.496 e. The molecule has 0 bridgehead atoms. The number of methoxy groups -OCH3 is 1. The summed E-state index contributed by atoms with van der Waals surface area (Å²) in [5, 5.41) is 0. The van der Waals surface area contributed by atoms with Crippen LogP contribution in [0.5, 0.6) is 5.75 Å². The normalized spacial score (nSPS) is 16.1. The minimum atomic E-state index is -0.466. The van der Waals surface area contributed by atoms with Crippen molar-refractivity contribution >= 4 is 12.4 Å². The number of hydrogen-bond acceptors (Lipinski definition) is 4. The molecule has 1 heterocycles. The number of ether oxygens (including phenoxy) is 2. The Labute approximate surface area is 137 Å². The number of piperidine rings is 1. The van der Waals surface area contributed by atoms with E-state index >= 15 is 0 Å². The lowest BCUT2D eigenvalue weighted by Gasteiger charge is -2.33. The number of carbonyl (C=O) groups excluding carboxylic acids is 2. The van der Waals surface area contributed by atoms with Gasteiger partial charge in [-0.1, -0.05) is 6.07 Å². The van der Waals surface area contributed by atoms with E-state index in [1.165, 1.54) is 0 Å². The minimum Gasteiger partial charge on any atom is -0.496 e. The van der Waals surface area contributed by atoms with Gasteiger partial charge < -0.3 is 14.4 Å². The van der Waals surface area contributed by atoms with Crippen LogP contribution in [0, 0.1) is 0 Å². The Morgan fingerprint density at radius 3 is 2.43 bits per heavy atom. The number of carbonyl (C=O) groups is 2. The maximum atomic E-state index is 12.1. The molecule has 126 valence electrons. The molecule has 5 nitrogen and oxygen atoms in total. The fourth-order valence-electron chi connectivity index (χ4n) is 2.80. The average molecular weight is 319 g/mol. The molecule has 1 amide bonds. The first-order chi connectivity index (χ1) is 10.8. The van der Waals surface area contributed by atoms with Crippen molar-refractivity contribution in [1.29, 1.82) is 0 Å². The third kappa shape index (κ3) is 4.47. The zero-order valence-corrected chi connectivity index (χ0v) is 14.3. The third-order valence-corrected chi connectivity index (χ3v) is 4.00. The Morgan fingerprint density at radius 1 is 1.26 bits per heavy atom. The van der Waals surface area contributed by atoms with Gasteiger partial charge in [0.05, 0.1) is 12.7 Å². The van der Waals surface area contributed by atoms with Crippen molar-refractivity contribution in [1.82, 2.24) is 4.90 Å². The van der Waals surface area contributed by atoms with Gasteiger partial charge >= 0.3 is 6.09 Å². The highest BCUT2D eigenvalue weighted by Crippen LogP contribution is 2.31. The summed E-state index contributed by atoms with van der Waals surface area (Å²) in [4.78, 5) is 24.8. The van der Waals surface area contributed by atoms with Crippen molar-refractivity contribution < 1.29 is 19.1 Å². The predicted octanol–water partition coefficient (Wildman–Crippen LogP) is 3.62. The average Bonchev–Trinajstić information content (AvgIpc) is 2.52. The van der Waals surface area contributed by atoms with E-state index in [0.717, 1.165) is 24.7 Å². The van der Waals surface area contributed by atoms with Gasteiger partial charge in [0.2, 0.25) is 0 Å². The molecule has 0 unspecified atom stereocenters. The van der Waals surface area contributed by atoms with Crippen LogP contribution in [0.1, 0.15) is 55.5 Å². The highest BCUT2D eigenvalue weighted by atomic mass is 16.6. The van der Waals surface area contributed by atoms with Crippen molar-refractivity contribution in [3.63, 3.8) is 0 Å². The van der Waals surface area contributed by atoms with Crippen LogP contribution in [0.25, 0.3) is 0 Å². The number of benzene rings is 1. The second-order valence-electron chi connectivity index (χ2n) is 6.86. The standard InChI is InChI=1S/C18H25NO4/c1-18(2,3)23-17(21)19-9-7-13(8-10-19)14-5-6-15(12-20)16(11-14)22-4/h5-6,11-13H,7-10H2,1-4H3. The number of nitrogens with zero attached hydrogens (tertiary/aromatic N) is 1. The van der Waals surface area contributed by atoms with E-state index in [-0.39, 0.29) is 6.09 Å². The van der Waals surface area contributed by atoms with Gasteiger partial charge in [-0.3, -0.25) is 4.79 Å². The topological polar surface area (TPSA) is 55.8 Å². The van der Waals surface area contributed by atoms with E-state index in [0.29, 0.717) is 30.3 Å². The Bertz CT molecular complexity index is 569. The van der Waals surface area contributed by atoms with E-state index in [4.69, 9.17) is 9.47 Å². The molecule has 1 saturated heterocycles. The van der Waals surface area contributed by atoms with E-state index < -0.39 is 5.60 Å². The first-order valence-electron chi connectivity index (χ1n) is 7.95. The van der Waals surface area contributed by atoms with E-state index in [2.05, 4.69) is 0 Å². The second kappa shape index (κ2) is 7.02. The van der Waals surface area contributed by atoms with Crippen molar-refractivity contribution in [2.75, 3.05) is 20.2 Å². The van der Waals surface area contributed by atoms with E-state index in [1.807, 2.05) is 32.9 Å². The quantitative estimate of drug-likeness (QED) is 0.798. The summed E-state index contributed by atoms with van der Waals surface area (Å²) in [6.45, 7) is 6.98. The summed E-state index contributed by atoms with van der Waals surface area (Å²) >= 11 is 0. The van der Waals surface area contributed by atoms with Gasteiger partial charge in [0.1, 0.15) is 11.4 Å². The van der Waals surface area contributed by atoms with Gasteiger partial charge in [-0.25, -0.2) is 4.79 Å². The van der Waals surface area contributed by atoms with Crippen LogP contribution in [0.2, 0.25) is 0 Å². The molecule has 0 radical (unpaired) electrons. The molecule has 1 aliphatic heterocycles. The van der Waals surface area contributed by atoms with E-state index in [1.54, 1.807) is 18.1 Å². The smallest absolute Gasteiger partial charge is 0.410 e. The number of amides is 1. The van der Waals surface area contributed by atoms with Gasteiger partial charge in [-0.15, -0.1) is 0 Å². The molecule has 1 aliphatic rings. The van der Waals surface area contributed by atoms with Crippen LogP contribution in [0.4, 0.5) is 4.79 Å². The maximum absolute atomic E-state index is 12.1. The van der Waals surface area contributed by atoms with Crippen LogP contribution >= 0.6 is 0 Å². The Hall–Kier alpha value is -2.04.